The molecule has 0 spiro atoms. The van der Waals surface area contributed by atoms with Gasteiger partial charge in [-0.1, -0.05) is 36.4 Å². The van der Waals surface area contributed by atoms with E-state index in [-0.39, 0.29) is 30.2 Å². The fourth-order valence-corrected chi connectivity index (χ4v) is 3.86. The van der Waals surface area contributed by atoms with Gasteiger partial charge < -0.3 is 15.5 Å². The molecule has 3 aromatic rings. The van der Waals surface area contributed by atoms with E-state index in [2.05, 4.69) is 20.6 Å². The maximum atomic E-state index is 12.7. The predicted molar refractivity (Wildman–Crippen MR) is 126 cm³/mol. The van der Waals surface area contributed by atoms with E-state index in [0.29, 0.717) is 23.9 Å². The second kappa shape index (κ2) is 9.18. The minimum atomic E-state index is -0.334. The van der Waals surface area contributed by atoms with Crippen molar-refractivity contribution < 1.29 is 9.59 Å². The number of amides is 2. The van der Waals surface area contributed by atoms with Crippen LogP contribution < -0.4 is 10.6 Å². The molecule has 0 bridgehead atoms. The molecule has 2 amide bonds. The molecule has 164 valence electrons. The zero-order valence-electron chi connectivity index (χ0n) is 18.5. The molecule has 1 aliphatic rings. The number of aromatic nitrogens is 2. The van der Waals surface area contributed by atoms with E-state index in [1.165, 1.54) is 0 Å². The van der Waals surface area contributed by atoms with Gasteiger partial charge in [-0.25, -0.2) is 9.97 Å². The zero-order valence-corrected chi connectivity index (χ0v) is 18.5. The third kappa shape index (κ3) is 4.94. The van der Waals surface area contributed by atoms with Crippen molar-refractivity contribution in [3.8, 4) is 11.3 Å². The third-order valence-corrected chi connectivity index (χ3v) is 5.46. The largest absolute Gasteiger partial charge is 0.340 e. The van der Waals surface area contributed by atoms with Gasteiger partial charge in [-0.2, -0.15) is 0 Å². The molecule has 32 heavy (non-hydrogen) atoms. The highest BCUT2D eigenvalue weighted by atomic mass is 16.2. The van der Waals surface area contributed by atoms with E-state index in [9.17, 15) is 9.59 Å². The quantitative estimate of drug-likeness (QED) is 0.607. The number of carbonyl (C=O) groups is 2. The number of rotatable bonds is 6. The summed E-state index contributed by atoms with van der Waals surface area (Å²) < 4.78 is 0. The van der Waals surface area contributed by atoms with Gasteiger partial charge in [0.25, 0.3) is 0 Å². The van der Waals surface area contributed by atoms with Crippen LogP contribution in [0.4, 0.5) is 17.2 Å². The summed E-state index contributed by atoms with van der Waals surface area (Å²) >= 11 is 0. The number of hydrogen-bond donors (Lipinski definition) is 2. The van der Waals surface area contributed by atoms with E-state index >= 15 is 0 Å². The van der Waals surface area contributed by atoms with E-state index in [1.807, 2.05) is 81.4 Å². The fourth-order valence-electron chi connectivity index (χ4n) is 3.86. The average molecular weight is 430 g/mol. The Balaban J connectivity index is 1.47. The summed E-state index contributed by atoms with van der Waals surface area (Å²) in [6.45, 7) is 6.25. The van der Waals surface area contributed by atoms with Crippen molar-refractivity contribution in [2.45, 2.75) is 33.2 Å². The average Bonchev–Trinajstić information content (AvgIpc) is 3.16. The van der Waals surface area contributed by atoms with Gasteiger partial charge in [0.05, 0.1) is 11.6 Å². The molecule has 2 heterocycles. The van der Waals surface area contributed by atoms with E-state index in [1.54, 1.807) is 4.90 Å². The Morgan fingerprint density at radius 2 is 1.78 bits per heavy atom. The maximum absolute atomic E-state index is 12.7. The lowest BCUT2D eigenvalue weighted by Gasteiger charge is -2.20. The van der Waals surface area contributed by atoms with Crippen LogP contribution >= 0.6 is 0 Å². The summed E-state index contributed by atoms with van der Waals surface area (Å²) in [6, 6.07) is 19.4. The molecule has 1 aliphatic heterocycles. The molecule has 7 heteroatoms. The molecule has 4 rings (SSSR count). The molecule has 7 nitrogen and oxygen atoms in total. The third-order valence-electron chi connectivity index (χ3n) is 5.46. The van der Waals surface area contributed by atoms with Crippen LogP contribution in [0.5, 0.6) is 0 Å². The zero-order chi connectivity index (χ0) is 22.7. The summed E-state index contributed by atoms with van der Waals surface area (Å²) in [5.41, 5.74) is 3.32. The van der Waals surface area contributed by atoms with Gasteiger partial charge in [0.2, 0.25) is 11.8 Å². The molecule has 1 atom stereocenters. The van der Waals surface area contributed by atoms with Crippen molar-refractivity contribution in [2.24, 2.45) is 5.92 Å². The lowest BCUT2D eigenvalue weighted by atomic mass is 10.1. The summed E-state index contributed by atoms with van der Waals surface area (Å²) in [6.07, 6.45) is 0.254. The molecule has 2 aromatic carbocycles. The lowest BCUT2D eigenvalue weighted by molar-refractivity contribution is -0.129. The first-order chi connectivity index (χ1) is 15.4. The van der Waals surface area contributed by atoms with Crippen molar-refractivity contribution in [1.82, 2.24) is 14.9 Å². The van der Waals surface area contributed by atoms with E-state index in [0.717, 1.165) is 16.9 Å². The summed E-state index contributed by atoms with van der Waals surface area (Å²) in [5, 5.41) is 6.25. The van der Waals surface area contributed by atoms with Crippen LogP contribution in [0.3, 0.4) is 0 Å². The topological polar surface area (TPSA) is 87.2 Å². The molecule has 1 aromatic heterocycles. The van der Waals surface area contributed by atoms with Crippen LogP contribution in [-0.4, -0.2) is 39.3 Å². The Morgan fingerprint density at radius 1 is 1.03 bits per heavy atom. The Labute approximate surface area is 187 Å². The number of carbonyl (C=O) groups excluding carboxylic acids is 2. The van der Waals surface area contributed by atoms with Crippen LogP contribution in [0.15, 0.2) is 60.7 Å². The van der Waals surface area contributed by atoms with Crippen molar-refractivity contribution in [3.05, 3.63) is 66.5 Å². The predicted octanol–water partition coefficient (Wildman–Crippen LogP) is 4.39. The van der Waals surface area contributed by atoms with Crippen molar-refractivity contribution in [2.75, 3.05) is 17.2 Å². The molecule has 1 saturated heterocycles. The number of likely N-dealkylation sites (tertiary alicyclic amines) is 1. The van der Waals surface area contributed by atoms with Crippen LogP contribution in [-0.2, 0) is 9.59 Å². The Morgan fingerprint density at radius 3 is 2.50 bits per heavy atom. The van der Waals surface area contributed by atoms with Crippen LogP contribution in [0.2, 0.25) is 0 Å². The van der Waals surface area contributed by atoms with E-state index in [4.69, 9.17) is 0 Å². The molecule has 0 aliphatic carbocycles. The Bertz CT molecular complexity index is 1130. The first-order valence-corrected chi connectivity index (χ1v) is 10.8. The second-order valence-electron chi connectivity index (χ2n) is 8.29. The number of nitrogens with one attached hydrogen (secondary N) is 2. The molecule has 0 saturated carbocycles. The normalized spacial score (nSPS) is 15.8. The summed E-state index contributed by atoms with van der Waals surface area (Å²) in [4.78, 5) is 35.6. The van der Waals surface area contributed by atoms with Crippen molar-refractivity contribution in [1.29, 1.82) is 0 Å². The van der Waals surface area contributed by atoms with Crippen molar-refractivity contribution in [3.63, 3.8) is 0 Å². The van der Waals surface area contributed by atoms with Gasteiger partial charge in [0.1, 0.15) is 11.6 Å². The molecule has 1 fully saturated rings. The first kappa shape index (κ1) is 21.5. The molecular weight excluding hydrogens is 402 g/mol. The summed E-state index contributed by atoms with van der Waals surface area (Å²) in [7, 11) is 0. The van der Waals surface area contributed by atoms with Gasteiger partial charge in [-0.15, -0.1) is 0 Å². The number of anilines is 3. The Kier molecular flexibility index (Phi) is 6.16. The minimum absolute atomic E-state index is 0.0314. The highest BCUT2D eigenvalue weighted by molar-refractivity contribution is 5.97. The molecule has 0 radical (unpaired) electrons. The minimum Gasteiger partial charge on any atom is -0.340 e. The fraction of sp³-hybridized carbons (Fsp3) is 0.280. The summed E-state index contributed by atoms with van der Waals surface area (Å²) in [5.74, 6) is 0.902. The standard InChI is InChI=1S/C25H27N5O2/c1-16(2)30-15-19(12-24(30)31)25(32)29-21-11-7-10-20(13-21)28-23-14-22(26-17(3)27-23)18-8-5-4-6-9-18/h4-11,13-14,16,19H,12,15H2,1-3H3,(H,29,32)(H,26,27,28). The Hall–Kier alpha value is -3.74. The number of benzene rings is 2. The molecule has 2 N–H and O–H groups in total. The van der Waals surface area contributed by atoms with Gasteiger partial charge in [0.15, 0.2) is 0 Å². The highest BCUT2D eigenvalue weighted by Crippen LogP contribution is 2.25. The van der Waals surface area contributed by atoms with Gasteiger partial charge >= 0.3 is 0 Å². The van der Waals surface area contributed by atoms with Crippen LogP contribution in [0.1, 0.15) is 26.1 Å². The van der Waals surface area contributed by atoms with E-state index < -0.39 is 0 Å². The molecule has 1 unspecified atom stereocenters. The first-order valence-electron chi connectivity index (χ1n) is 10.8. The highest BCUT2D eigenvalue weighted by Gasteiger charge is 2.35. The second-order valence-corrected chi connectivity index (χ2v) is 8.29. The number of aryl methyl sites for hydroxylation is 1. The molecular formula is C25H27N5O2. The van der Waals surface area contributed by atoms with Gasteiger partial charge in [0, 0.05) is 42.0 Å². The monoisotopic (exact) mass is 429 g/mol. The number of nitrogens with zero attached hydrogens (tertiary/aromatic N) is 3. The number of hydrogen-bond acceptors (Lipinski definition) is 5. The SMILES string of the molecule is Cc1nc(Nc2cccc(NC(=O)C3CC(=O)N(C(C)C)C3)c2)cc(-c2ccccc2)n1. The van der Waals surface area contributed by atoms with Crippen LogP contribution in [0, 0.1) is 12.8 Å². The maximum Gasteiger partial charge on any atom is 0.229 e. The smallest absolute Gasteiger partial charge is 0.229 e. The van der Waals surface area contributed by atoms with Gasteiger partial charge in [-0.3, -0.25) is 9.59 Å². The van der Waals surface area contributed by atoms with Crippen molar-refractivity contribution >= 4 is 29.0 Å². The van der Waals surface area contributed by atoms with Crippen LogP contribution in [0.25, 0.3) is 11.3 Å². The lowest BCUT2D eigenvalue weighted by Crippen LogP contribution is -2.33. The van der Waals surface area contributed by atoms with Gasteiger partial charge in [-0.05, 0) is 39.0 Å².